The van der Waals surface area contributed by atoms with Crippen molar-refractivity contribution in [2.75, 3.05) is 5.32 Å². The SMILES string of the molecule is Cc1ccccc1NC(=O)c1nc(-c2ccccc2)n(-c2cccc(Cl)c2C)n1. The predicted octanol–water partition coefficient (Wildman–Crippen LogP) is 5.46. The van der Waals surface area contributed by atoms with E-state index in [4.69, 9.17) is 11.6 Å². The highest BCUT2D eigenvalue weighted by Crippen LogP contribution is 2.27. The molecule has 1 amide bonds. The lowest BCUT2D eigenvalue weighted by molar-refractivity contribution is 0.101. The molecule has 0 radical (unpaired) electrons. The maximum absolute atomic E-state index is 12.9. The molecule has 1 N–H and O–H groups in total. The highest BCUT2D eigenvalue weighted by molar-refractivity contribution is 6.31. The van der Waals surface area contributed by atoms with Crippen LogP contribution in [0.5, 0.6) is 0 Å². The third kappa shape index (κ3) is 3.77. The van der Waals surface area contributed by atoms with Crippen LogP contribution in [0.4, 0.5) is 5.69 Å². The maximum atomic E-state index is 12.9. The second-order valence-corrected chi connectivity index (χ2v) is 7.10. The Morgan fingerprint density at radius 1 is 0.931 bits per heavy atom. The molecular weight excluding hydrogens is 384 g/mol. The summed E-state index contributed by atoms with van der Waals surface area (Å²) in [7, 11) is 0. The van der Waals surface area contributed by atoms with Gasteiger partial charge < -0.3 is 5.32 Å². The molecule has 0 spiro atoms. The van der Waals surface area contributed by atoms with Crippen molar-refractivity contribution in [2.45, 2.75) is 13.8 Å². The summed E-state index contributed by atoms with van der Waals surface area (Å²) in [6.45, 7) is 3.85. The Kier molecular flexibility index (Phi) is 5.14. The molecule has 4 rings (SSSR count). The molecule has 6 heteroatoms. The van der Waals surface area contributed by atoms with Gasteiger partial charge in [0.25, 0.3) is 5.91 Å². The van der Waals surface area contributed by atoms with E-state index in [1.807, 2.05) is 86.6 Å². The second-order valence-electron chi connectivity index (χ2n) is 6.69. The Morgan fingerprint density at radius 2 is 1.66 bits per heavy atom. The number of amides is 1. The summed E-state index contributed by atoms with van der Waals surface area (Å²) in [6.07, 6.45) is 0. The van der Waals surface area contributed by atoms with E-state index in [1.165, 1.54) is 0 Å². The third-order valence-corrected chi connectivity index (χ3v) is 5.11. The van der Waals surface area contributed by atoms with Crippen LogP contribution in [0.2, 0.25) is 5.02 Å². The zero-order valence-electron chi connectivity index (χ0n) is 16.1. The van der Waals surface area contributed by atoms with E-state index in [9.17, 15) is 4.79 Å². The zero-order chi connectivity index (χ0) is 20.4. The first kappa shape index (κ1) is 18.9. The summed E-state index contributed by atoms with van der Waals surface area (Å²) in [4.78, 5) is 17.4. The first-order valence-electron chi connectivity index (χ1n) is 9.19. The molecule has 0 aliphatic carbocycles. The summed E-state index contributed by atoms with van der Waals surface area (Å²) in [5.41, 5.74) is 4.19. The Balaban J connectivity index is 1.81. The van der Waals surface area contributed by atoms with E-state index >= 15 is 0 Å². The molecule has 144 valence electrons. The van der Waals surface area contributed by atoms with Crippen LogP contribution in [0.15, 0.2) is 72.8 Å². The van der Waals surface area contributed by atoms with Gasteiger partial charge in [-0.1, -0.05) is 66.2 Å². The Morgan fingerprint density at radius 3 is 2.41 bits per heavy atom. The van der Waals surface area contributed by atoms with E-state index in [0.717, 1.165) is 28.1 Å². The molecule has 0 aliphatic rings. The maximum Gasteiger partial charge on any atom is 0.295 e. The van der Waals surface area contributed by atoms with E-state index < -0.39 is 0 Å². The van der Waals surface area contributed by atoms with Crippen molar-refractivity contribution in [3.63, 3.8) is 0 Å². The van der Waals surface area contributed by atoms with Crippen molar-refractivity contribution in [3.05, 3.63) is 94.8 Å². The molecule has 1 heterocycles. The second kappa shape index (κ2) is 7.89. The van der Waals surface area contributed by atoms with Gasteiger partial charge in [0.05, 0.1) is 5.69 Å². The highest BCUT2D eigenvalue weighted by Gasteiger charge is 2.20. The Hall–Kier alpha value is -3.44. The number of nitrogens with zero attached hydrogens (tertiary/aromatic N) is 3. The number of nitrogens with one attached hydrogen (secondary N) is 1. The molecule has 0 aliphatic heterocycles. The van der Waals surface area contributed by atoms with Crippen LogP contribution in [0, 0.1) is 13.8 Å². The fourth-order valence-corrected chi connectivity index (χ4v) is 3.24. The first-order valence-corrected chi connectivity index (χ1v) is 9.57. The van der Waals surface area contributed by atoms with E-state index in [-0.39, 0.29) is 11.7 Å². The lowest BCUT2D eigenvalue weighted by atomic mass is 10.1. The largest absolute Gasteiger partial charge is 0.319 e. The number of benzene rings is 3. The number of aromatic nitrogens is 3. The molecule has 0 atom stereocenters. The van der Waals surface area contributed by atoms with E-state index in [1.54, 1.807) is 4.68 Å². The van der Waals surface area contributed by atoms with Gasteiger partial charge in [0, 0.05) is 16.3 Å². The molecule has 5 nitrogen and oxygen atoms in total. The minimum Gasteiger partial charge on any atom is -0.319 e. The van der Waals surface area contributed by atoms with Crippen molar-refractivity contribution in [2.24, 2.45) is 0 Å². The average molecular weight is 403 g/mol. The standard InChI is InChI=1S/C23H19ClN4O/c1-15-9-6-7-13-19(15)25-23(29)21-26-22(17-10-4-3-5-11-17)28(27-21)20-14-8-12-18(24)16(20)2/h3-14H,1-2H3,(H,25,29). The molecule has 0 saturated heterocycles. The third-order valence-electron chi connectivity index (χ3n) is 4.70. The fourth-order valence-electron chi connectivity index (χ4n) is 3.07. The molecule has 3 aromatic carbocycles. The molecule has 0 fully saturated rings. The molecule has 29 heavy (non-hydrogen) atoms. The minimum atomic E-state index is -0.366. The number of para-hydroxylation sites is 1. The van der Waals surface area contributed by atoms with Crippen LogP contribution >= 0.6 is 11.6 Å². The molecule has 0 bridgehead atoms. The van der Waals surface area contributed by atoms with Crippen LogP contribution in [-0.4, -0.2) is 20.7 Å². The lowest BCUT2D eigenvalue weighted by Crippen LogP contribution is -2.15. The van der Waals surface area contributed by atoms with E-state index in [0.29, 0.717) is 10.8 Å². The summed E-state index contributed by atoms with van der Waals surface area (Å²) in [5.74, 6) is 0.298. The zero-order valence-corrected chi connectivity index (χ0v) is 16.8. The average Bonchev–Trinajstić information content (AvgIpc) is 3.18. The predicted molar refractivity (Wildman–Crippen MR) is 116 cm³/mol. The van der Waals surface area contributed by atoms with Gasteiger partial charge in [0.15, 0.2) is 5.82 Å². The van der Waals surface area contributed by atoms with Crippen molar-refractivity contribution in [1.29, 1.82) is 0 Å². The van der Waals surface area contributed by atoms with Crippen molar-refractivity contribution in [1.82, 2.24) is 14.8 Å². The van der Waals surface area contributed by atoms with Gasteiger partial charge in [-0.15, -0.1) is 5.10 Å². The van der Waals surface area contributed by atoms with Crippen LogP contribution < -0.4 is 5.32 Å². The quantitative estimate of drug-likeness (QED) is 0.493. The fraction of sp³-hybridized carbons (Fsp3) is 0.0870. The van der Waals surface area contributed by atoms with Crippen molar-refractivity contribution in [3.8, 4) is 17.1 Å². The van der Waals surface area contributed by atoms with E-state index in [2.05, 4.69) is 15.4 Å². The van der Waals surface area contributed by atoms with Gasteiger partial charge in [0.1, 0.15) is 0 Å². The van der Waals surface area contributed by atoms with Crippen LogP contribution in [-0.2, 0) is 0 Å². The van der Waals surface area contributed by atoms with Gasteiger partial charge >= 0.3 is 0 Å². The molecular formula is C23H19ClN4O. The van der Waals surface area contributed by atoms with Crippen LogP contribution in [0.1, 0.15) is 21.7 Å². The van der Waals surface area contributed by atoms with Gasteiger partial charge in [0.2, 0.25) is 5.82 Å². The Labute approximate surface area is 174 Å². The van der Waals surface area contributed by atoms with Gasteiger partial charge in [-0.25, -0.2) is 9.67 Å². The van der Waals surface area contributed by atoms with Crippen LogP contribution in [0.3, 0.4) is 0 Å². The number of hydrogen-bond donors (Lipinski definition) is 1. The van der Waals surface area contributed by atoms with Crippen molar-refractivity contribution >= 4 is 23.2 Å². The van der Waals surface area contributed by atoms with Crippen LogP contribution in [0.25, 0.3) is 17.1 Å². The summed E-state index contributed by atoms with van der Waals surface area (Å²) < 4.78 is 1.67. The van der Waals surface area contributed by atoms with Gasteiger partial charge in [-0.3, -0.25) is 4.79 Å². The number of carbonyl (C=O) groups is 1. The minimum absolute atomic E-state index is 0.0893. The molecule has 0 saturated carbocycles. The molecule has 1 aromatic heterocycles. The summed E-state index contributed by atoms with van der Waals surface area (Å²) in [5, 5.41) is 8.04. The first-order chi connectivity index (χ1) is 14.0. The highest BCUT2D eigenvalue weighted by atomic mass is 35.5. The normalized spacial score (nSPS) is 10.7. The monoisotopic (exact) mass is 402 g/mol. The molecule has 4 aromatic rings. The lowest BCUT2D eigenvalue weighted by Gasteiger charge is -2.10. The molecule has 0 unspecified atom stereocenters. The van der Waals surface area contributed by atoms with Crippen molar-refractivity contribution < 1.29 is 4.79 Å². The van der Waals surface area contributed by atoms with Gasteiger partial charge in [-0.05, 0) is 43.2 Å². The topological polar surface area (TPSA) is 59.8 Å². The number of rotatable bonds is 4. The summed E-state index contributed by atoms with van der Waals surface area (Å²) in [6, 6.07) is 22.8. The summed E-state index contributed by atoms with van der Waals surface area (Å²) >= 11 is 6.32. The number of aryl methyl sites for hydroxylation is 1. The smallest absolute Gasteiger partial charge is 0.295 e. The Bertz CT molecular complexity index is 1180. The number of anilines is 1. The number of hydrogen-bond acceptors (Lipinski definition) is 3. The number of carbonyl (C=O) groups excluding carboxylic acids is 1. The van der Waals surface area contributed by atoms with Gasteiger partial charge in [-0.2, -0.15) is 0 Å². The number of halogens is 1.